The molecule has 0 saturated heterocycles. The molecule has 0 aromatic heterocycles. The van der Waals surface area contributed by atoms with Crippen LogP contribution in [0.5, 0.6) is 0 Å². The van der Waals surface area contributed by atoms with Crippen LogP contribution >= 0.6 is 11.6 Å². The first-order chi connectivity index (χ1) is 5.77. The molecule has 12 heavy (non-hydrogen) atoms. The highest BCUT2D eigenvalue weighted by molar-refractivity contribution is 6.30. The molecule has 1 aromatic carbocycles. The topological polar surface area (TPSA) is 56.4 Å². The standard InChI is InChI=1S/C8H5ClN2O/c9-7-3-1-6(2-4-7)8(5-10)11-12/h1-4,12H/b11-8+. The second-order valence-corrected chi connectivity index (χ2v) is 2.50. The Labute approximate surface area is 74.5 Å². The molecule has 0 amide bonds. The van der Waals surface area contributed by atoms with Gasteiger partial charge in [0, 0.05) is 10.6 Å². The average Bonchev–Trinajstić information content (AvgIpc) is 2.10. The van der Waals surface area contributed by atoms with Crippen LogP contribution in [0.3, 0.4) is 0 Å². The van der Waals surface area contributed by atoms with E-state index in [9.17, 15) is 0 Å². The van der Waals surface area contributed by atoms with Gasteiger partial charge in [-0.3, -0.25) is 0 Å². The van der Waals surface area contributed by atoms with E-state index in [-0.39, 0.29) is 5.71 Å². The van der Waals surface area contributed by atoms with Gasteiger partial charge >= 0.3 is 0 Å². The van der Waals surface area contributed by atoms with Gasteiger partial charge < -0.3 is 5.21 Å². The fraction of sp³-hybridized carbons (Fsp3) is 0. The van der Waals surface area contributed by atoms with Gasteiger partial charge in [-0.2, -0.15) is 5.26 Å². The number of halogens is 1. The second kappa shape index (κ2) is 3.74. The Morgan fingerprint density at radius 3 is 2.42 bits per heavy atom. The van der Waals surface area contributed by atoms with Crippen LogP contribution in [-0.4, -0.2) is 10.9 Å². The molecule has 3 nitrogen and oxygen atoms in total. The third-order valence-electron chi connectivity index (χ3n) is 1.32. The van der Waals surface area contributed by atoms with Crippen molar-refractivity contribution in [1.29, 1.82) is 5.26 Å². The summed E-state index contributed by atoms with van der Waals surface area (Å²) < 4.78 is 0. The second-order valence-electron chi connectivity index (χ2n) is 2.07. The lowest BCUT2D eigenvalue weighted by atomic mass is 10.1. The fourth-order valence-corrected chi connectivity index (χ4v) is 0.878. The Balaban J connectivity index is 3.06. The monoisotopic (exact) mass is 180 g/mol. The minimum Gasteiger partial charge on any atom is -0.410 e. The SMILES string of the molecule is N#C/C(=N\O)c1ccc(Cl)cc1. The van der Waals surface area contributed by atoms with Crippen LogP contribution in [0, 0.1) is 11.3 Å². The molecule has 0 bridgehead atoms. The molecule has 0 saturated carbocycles. The van der Waals surface area contributed by atoms with Gasteiger partial charge in [-0.1, -0.05) is 28.9 Å². The average molecular weight is 181 g/mol. The Hall–Kier alpha value is -1.53. The number of nitrogens with zero attached hydrogens (tertiary/aromatic N) is 2. The van der Waals surface area contributed by atoms with Gasteiger partial charge in [-0.15, -0.1) is 0 Å². The van der Waals surface area contributed by atoms with Gasteiger partial charge in [0.1, 0.15) is 6.07 Å². The summed E-state index contributed by atoms with van der Waals surface area (Å²) in [5.74, 6) is 0. The Kier molecular flexibility index (Phi) is 2.67. The Bertz CT molecular complexity index is 337. The van der Waals surface area contributed by atoms with Crippen molar-refractivity contribution in [2.24, 2.45) is 5.16 Å². The maximum absolute atomic E-state index is 8.47. The first kappa shape index (κ1) is 8.57. The van der Waals surface area contributed by atoms with Crippen LogP contribution in [0.25, 0.3) is 0 Å². The van der Waals surface area contributed by atoms with Gasteiger partial charge in [-0.25, -0.2) is 0 Å². The third-order valence-corrected chi connectivity index (χ3v) is 1.58. The van der Waals surface area contributed by atoms with Gasteiger partial charge in [0.2, 0.25) is 0 Å². The molecule has 0 radical (unpaired) electrons. The molecule has 1 N–H and O–H groups in total. The van der Waals surface area contributed by atoms with Crippen molar-refractivity contribution in [2.45, 2.75) is 0 Å². The molecule has 0 aliphatic rings. The summed E-state index contributed by atoms with van der Waals surface area (Å²) in [4.78, 5) is 0. The van der Waals surface area contributed by atoms with E-state index < -0.39 is 0 Å². The van der Waals surface area contributed by atoms with Crippen LogP contribution in [0.2, 0.25) is 5.02 Å². The van der Waals surface area contributed by atoms with Crippen LogP contribution in [0.4, 0.5) is 0 Å². The van der Waals surface area contributed by atoms with Crippen molar-refractivity contribution in [3.05, 3.63) is 34.9 Å². The molecule has 0 atom stereocenters. The zero-order chi connectivity index (χ0) is 8.97. The van der Waals surface area contributed by atoms with Crippen LogP contribution < -0.4 is 0 Å². The zero-order valence-corrected chi connectivity index (χ0v) is 6.78. The minimum absolute atomic E-state index is 0.0216. The number of oxime groups is 1. The molecular weight excluding hydrogens is 176 g/mol. The highest BCUT2D eigenvalue weighted by Gasteiger charge is 2.00. The molecular formula is C8H5ClN2O. The minimum atomic E-state index is -0.0216. The molecule has 4 heteroatoms. The molecule has 0 fully saturated rings. The Morgan fingerprint density at radius 1 is 1.42 bits per heavy atom. The highest BCUT2D eigenvalue weighted by atomic mass is 35.5. The predicted molar refractivity (Wildman–Crippen MR) is 45.4 cm³/mol. The van der Waals surface area contributed by atoms with E-state index in [0.29, 0.717) is 10.6 Å². The van der Waals surface area contributed by atoms with E-state index >= 15 is 0 Å². The highest BCUT2D eigenvalue weighted by Crippen LogP contribution is 2.09. The maximum atomic E-state index is 8.47. The van der Waals surface area contributed by atoms with Crippen molar-refractivity contribution in [2.75, 3.05) is 0 Å². The molecule has 1 rings (SSSR count). The molecule has 0 heterocycles. The lowest BCUT2D eigenvalue weighted by molar-refractivity contribution is 0.320. The summed E-state index contributed by atoms with van der Waals surface area (Å²) >= 11 is 5.62. The molecule has 60 valence electrons. The number of hydrogen-bond acceptors (Lipinski definition) is 3. The summed E-state index contributed by atoms with van der Waals surface area (Å²) in [5, 5.41) is 20.3. The van der Waals surface area contributed by atoms with E-state index in [1.807, 2.05) is 0 Å². The Morgan fingerprint density at radius 2 is 2.00 bits per heavy atom. The van der Waals surface area contributed by atoms with Crippen LogP contribution in [0.15, 0.2) is 29.4 Å². The maximum Gasteiger partial charge on any atom is 0.186 e. The van der Waals surface area contributed by atoms with E-state index in [4.69, 9.17) is 22.1 Å². The largest absolute Gasteiger partial charge is 0.410 e. The van der Waals surface area contributed by atoms with E-state index in [0.717, 1.165) is 0 Å². The lowest BCUT2D eigenvalue weighted by Crippen LogP contribution is -1.95. The first-order valence-corrected chi connectivity index (χ1v) is 3.54. The molecule has 0 aliphatic heterocycles. The molecule has 0 unspecified atom stereocenters. The molecule has 1 aromatic rings. The van der Waals surface area contributed by atoms with Gasteiger partial charge in [-0.05, 0) is 12.1 Å². The van der Waals surface area contributed by atoms with Crippen LogP contribution in [0.1, 0.15) is 5.56 Å². The zero-order valence-electron chi connectivity index (χ0n) is 6.03. The van der Waals surface area contributed by atoms with Gasteiger partial charge in [0.05, 0.1) is 0 Å². The summed E-state index contributed by atoms with van der Waals surface area (Å²) in [6, 6.07) is 8.22. The van der Waals surface area contributed by atoms with Crippen LogP contribution in [-0.2, 0) is 0 Å². The van der Waals surface area contributed by atoms with E-state index in [1.165, 1.54) is 0 Å². The normalized spacial score (nSPS) is 10.8. The predicted octanol–water partition coefficient (Wildman–Crippen LogP) is 2.04. The number of nitriles is 1. The number of benzene rings is 1. The van der Waals surface area contributed by atoms with E-state index in [2.05, 4.69) is 5.16 Å². The van der Waals surface area contributed by atoms with Crippen molar-refractivity contribution in [3.63, 3.8) is 0 Å². The van der Waals surface area contributed by atoms with Gasteiger partial charge in [0.25, 0.3) is 0 Å². The molecule has 0 aliphatic carbocycles. The quantitative estimate of drug-likeness (QED) is 0.409. The number of rotatable bonds is 1. The van der Waals surface area contributed by atoms with Crippen molar-refractivity contribution >= 4 is 17.3 Å². The summed E-state index contributed by atoms with van der Waals surface area (Å²) in [6.45, 7) is 0. The van der Waals surface area contributed by atoms with Crippen molar-refractivity contribution < 1.29 is 5.21 Å². The summed E-state index contributed by atoms with van der Waals surface area (Å²) in [7, 11) is 0. The van der Waals surface area contributed by atoms with E-state index in [1.54, 1.807) is 30.3 Å². The summed E-state index contributed by atoms with van der Waals surface area (Å²) in [5.41, 5.74) is 0.524. The van der Waals surface area contributed by atoms with Gasteiger partial charge in [0.15, 0.2) is 5.71 Å². The lowest BCUT2D eigenvalue weighted by Gasteiger charge is -1.94. The smallest absolute Gasteiger partial charge is 0.186 e. The third kappa shape index (κ3) is 1.74. The van der Waals surface area contributed by atoms with Crippen molar-refractivity contribution in [3.8, 4) is 6.07 Å². The molecule has 0 spiro atoms. The first-order valence-electron chi connectivity index (χ1n) is 3.16. The van der Waals surface area contributed by atoms with Crippen molar-refractivity contribution in [1.82, 2.24) is 0 Å². The fourth-order valence-electron chi connectivity index (χ4n) is 0.752. The summed E-state index contributed by atoms with van der Waals surface area (Å²) in [6.07, 6.45) is 0. The number of hydrogen-bond donors (Lipinski definition) is 1.